The number of nitrogens with one attached hydrogen (secondary N) is 1. The van der Waals surface area contributed by atoms with Crippen LogP contribution in [0.3, 0.4) is 0 Å². The summed E-state index contributed by atoms with van der Waals surface area (Å²) >= 11 is 0. The van der Waals surface area contributed by atoms with E-state index in [-0.39, 0.29) is 12.4 Å². The molecule has 3 nitrogen and oxygen atoms in total. The number of ketones is 1. The van der Waals surface area contributed by atoms with Crippen LogP contribution in [0.4, 0.5) is 5.69 Å². The Bertz CT molecular complexity index is 603. The van der Waals surface area contributed by atoms with Crippen molar-refractivity contribution in [3.05, 3.63) is 59.7 Å². The normalized spacial score (nSPS) is 10.3. The van der Waals surface area contributed by atoms with E-state index in [9.17, 15) is 4.79 Å². The van der Waals surface area contributed by atoms with Gasteiger partial charge in [0.2, 0.25) is 0 Å². The van der Waals surface area contributed by atoms with Crippen LogP contribution in [-0.4, -0.2) is 18.9 Å². The van der Waals surface area contributed by atoms with Crippen molar-refractivity contribution < 1.29 is 9.53 Å². The minimum atomic E-state index is -0.00762. The molecule has 0 aromatic heterocycles. The zero-order chi connectivity index (χ0) is 16.5. The third kappa shape index (κ3) is 5.78. The Hall–Kier alpha value is -2.29. The summed E-state index contributed by atoms with van der Waals surface area (Å²) in [5.74, 6) is 0.705. The fourth-order valence-electron chi connectivity index (χ4n) is 2.25. The van der Waals surface area contributed by atoms with E-state index in [0.29, 0.717) is 11.3 Å². The third-order valence-corrected chi connectivity index (χ3v) is 3.71. The molecule has 0 atom stereocenters. The molecule has 0 saturated heterocycles. The van der Waals surface area contributed by atoms with Gasteiger partial charge in [0, 0.05) is 17.8 Å². The second-order valence-corrected chi connectivity index (χ2v) is 5.74. The predicted molar refractivity (Wildman–Crippen MR) is 95.5 cm³/mol. The average Bonchev–Trinajstić information content (AvgIpc) is 2.58. The van der Waals surface area contributed by atoms with Crippen LogP contribution in [0.5, 0.6) is 5.75 Å². The Morgan fingerprint density at radius 1 is 1.00 bits per heavy atom. The lowest BCUT2D eigenvalue weighted by Crippen LogP contribution is -2.11. The van der Waals surface area contributed by atoms with E-state index < -0.39 is 0 Å². The molecule has 0 aliphatic heterocycles. The minimum Gasteiger partial charge on any atom is -0.485 e. The number of hydrogen-bond acceptors (Lipinski definition) is 3. The number of Topliss-reactive ketones (excluding diaryl/α,β-unsaturated/α-hetero) is 1. The van der Waals surface area contributed by atoms with Crippen molar-refractivity contribution in [1.29, 1.82) is 0 Å². The summed E-state index contributed by atoms with van der Waals surface area (Å²) in [4.78, 5) is 12.1. The SMILES string of the molecule is CCCCCNc1ccc(OCC(=O)c2ccc(C)cc2)cc1. The van der Waals surface area contributed by atoms with Gasteiger partial charge in [-0.05, 0) is 37.6 Å². The maximum absolute atomic E-state index is 12.1. The highest BCUT2D eigenvalue weighted by Gasteiger charge is 2.06. The Morgan fingerprint density at radius 3 is 2.35 bits per heavy atom. The van der Waals surface area contributed by atoms with Crippen molar-refractivity contribution in [3.63, 3.8) is 0 Å². The fourth-order valence-corrected chi connectivity index (χ4v) is 2.25. The number of ether oxygens (including phenoxy) is 1. The summed E-state index contributed by atoms with van der Waals surface area (Å²) in [6, 6.07) is 15.3. The summed E-state index contributed by atoms with van der Waals surface area (Å²) in [5.41, 5.74) is 2.91. The maximum atomic E-state index is 12.1. The van der Waals surface area contributed by atoms with Gasteiger partial charge >= 0.3 is 0 Å². The van der Waals surface area contributed by atoms with Crippen LogP contribution in [0.1, 0.15) is 42.1 Å². The van der Waals surface area contributed by atoms with E-state index >= 15 is 0 Å². The van der Waals surface area contributed by atoms with E-state index in [4.69, 9.17) is 4.74 Å². The number of rotatable bonds is 9. The zero-order valence-electron chi connectivity index (χ0n) is 14.0. The lowest BCUT2D eigenvalue weighted by molar-refractivity contribution is 0.0921. The van der Waals surface area contributed by atoms with Gasteiger partial charge < -0.3 is 10.1 Å². The van der Waals surface area contributed by atoms with Crippen LogP contribution in [0.2, 0.25) is 0 Å². The number of carbonyl (C=O) groups excluding carboxylic acids is 1. The third-order valence-electron chi connectivity index (χ3n) is 3.71. The van der Waals surface area contributed by atoms with Gasteiger partial charge in [-0.3, -0.25) is 4.79 Å². The van der Waals surface area contributed by atoms with Crippen LogP contribution >= 0.6 is 0 Å². The van der Waals surface area contributed by atoms with Crippen molar-refractivity contribution in [3.8, 4) is 5.75 Å². The lowest BCUT2D eigenvalue weighted by atomic mass is 10.1. The number of anilines is 1. The van der Waals surface area contributed by atoms with Crippen LogP contribution in [0, 0.1) is 6.92 Å². The molecule has 3 heteroatoms. The monoisotopic (exact) mass is 311 g/mol. The first-order chi connectivity index (χ1) is 11.2. The van der Waals surface area contributed by atoms with Crippen molar-refractivity contribution in [2.45, 2.75) is 33.1 Å². The van der Waals surface area contributed by atoms with E-state index in [1.165, 1.54) is 19.3 Å². The summed E-state index contributed by atoms with van der Waals surface area (Å²) in [5, 5.41) is 3.38. The van der Waals surface area contributed by atoms with E-state index in [1.54, 1.807) is 0 Å². The van der Waals surface area contributed by atoms with Gasteiger partial charge in [0.1, 0.15) is 5.75 Å². The molecule has 23 heavy (non-hydrogen) atoms. The minimum absolute atomic E-state index is 0.00762. The molecule has 2 rings (SSSR count). The molecule has 0 amide bonds. The van der Waals surface area contributed by atoms with Crippen molar-refractivity contribution in [1.82, 2.24) is 0 Å². The van der Waals surface area contributed by atoms with E-state index in [2.05, 4.69) is 12.2 Å². The van der Waals surface area contributed by atoms with Crippen LogP contribution < -0.4 is 10.1 Å². The second-order valence-electron chi connectivity index (χ2n) is 5.74. The molecular formula is C20H25NO2. The summed E-state index contributed by atoms with van der Waals surface area (Å²) in [6.07, 6.45) is 3.65. The summed E-state index contributed by atoms with van der Waals surface area (Å²) in [7, 11) is 0. The van der Waals surface area contributed by atoms with Gasteiger partial charge in [-0.25, -0.2) is 0 Å². The van der Waals surface area contributed by atoms with Gasteiger partial charge in [-0.15, -0.1) is 0 Å². The molecule has 0 radical (unpaired) electrons. The Balaban J connectivity index is 1.79. The second kappa shape index (κ2) is 8.99. The van der Waals surface area contributed by atoms with E-state index in [0.717, 1.165) is 17.8 Å². The topological polar surface area (TPSA) is 38.3 Å². The first-order valence-corrected chi connectivity index (χ1v) is 8.25. The highest BCUT2D eigenvalue weighted by molar-refractivity contribution is 5.97. The van der Waals surface area contributed by atoms with Crippen molar-refractivity contribution in [2.75, 3.05) is 18.5 Å². The molecule has 0 aliphatic carbocycles. The molecule has 0 aliphatic rings. The molecule has 122 valence electrons. The van der Waals surface area contributed by atoms with Crippen LogP contribution in [0.15, 0.2) is 48.5 Å². The van der Waals surface area contributed by atoms with E-state index in [1.807, 2.05) is 55.5 Å². The highest BCUT2D eigenvalue weighted by atomic mass is 16.5. The van der Waals surface area contributed by atoms with Crippen LogP contribution in [-0.2, 0) is 0 Å². The van der Waals surface area contributed by atoms with Crippen molar-refractivity contribution >= 4 is 11.5 Å². The maximum Gasteiger partial charge on any atom is 0.200 e. The zero-order valence-corrected chi connectivity index (χ0v) is 14.0. The summed E-state index contributed by atoms with van der Waals surface area (Å²) < 4.78 is 5.57. The Morgan fingerprint density at radius 2 is 1.70 bits per heavy atom. The molecule has 2 aromatic carbocycles. The van der Waals surface area contributed by atoms with Gasteiger partial charge in [0.05, 0.1) is 0 Å². The molecule has 2 aromatic rings. The number of unbranched alkanes of at least 4 members (excludes halogenated alkanes) is 2. The quantitative estimate of drug-likeness (QED) is 0.531. The number of benzene rings is 2. The largest absolute Gasteiger partial charge is 0.485 e. The number of hydrogen-bond donors (Lipinski definition) is 1. The highest BCUT2D eigenvalue weighted by Crippen LogP contribution is 2.16. The first-order valence-electron chi connectivity index (χ1n) is 8.25. The molecule has 1 N–H and O–H groups in total. The van der Waals surface area contributed by atoms with Gasteiger partial charge in [0.25, 0.3) is 0 Å². The molecule has 0 unspecified atom stereocenters. The predicted octanol–water partition coefficient (Wildman–Crippen LogP) is 4.86. The number of carbonyl (C=O) groups is 1. The van der Waals surface area contributed by atoms with Crippen LogP contribution in [0.25, 0.3) is 0 Å². The Kier molecular flexibility index (Phi) is 6.67. The first kappa shape index (κ1) is 17.1. The van der Waals surface area contributed by atoms with Gasteiger partial charge in [0.15, 0.2) is 12.4 Å². The average molecular weight is 311 g/mol. The molecule has 0 spiro atoms. The molecule has 0 fully saturated rings. The van der Waals surface area contributed by atoms with Gasteiger partial charge in [-0.1, -0.05) is 49.6 Å². The molecule has 0 heterocycles. The fraction of sp³-hybridized carbons (Fsp3) is 0.350. The standard InChI is InChI=1S/C20H25NO2/c1-3-4-5-14-21-18-10-12-19(13-11-18)23-15-20(22)17-8-6-16(2)7-9-17/h6-13,21H,3-5,14-15H2,1-2H3. The summed E-state index contributed by atoms with van der Waals surface area (Å²) in [6.45, 7) is 5.25. The molecule has 0 saturated carbocycles. The lowest BCUT2D eigenvalue weighted by Gasteiger charge is -2.09. The smallest absolute Gasteiger partial charge is 0.200 e. The van der Waals surface area contributed by atoms with Gasteiger partial charge in [-0.2, -0.15) is 0 Å². The molecular weight excluding hydrogens is 286 g/mol. The number of aryl methyl sites for hydroxylation is 1. The Labute approximate surface area is 138 Å². The molecule has 0 bridgehead atoms. The van der Waals surface area contributed by atoms with Crippen molar-refractivity contribution in [2.24, 2.45) is 0 Å².